The lowest BCUT2D eigenvalue weighted by molar-refractivity contribution is -0.181. The average molecular weight is 471 g/mol. The summed E-state index contributed by atoms with van der Waals surface area (Å²) in [5.74, 6) is -10.1. The molecule has 0 aromatic heterocycles. The Labute approximate surface area is 197 Å². The minimum atomic E-state index is -2.69. The van der Waals surface area contributed by atoms with Crippen LogP contribution in [-0.4, -0.2) is 69.9 Å². The van der Waals surface area contributed by atoms with Gasteiger partial charge in [-0.1, -0.05) is 19.4 Å². The van der Waals surface area contributed by atoms with Crippen LogP contribution < -0.4 is 5.73 Å². The lowest BCUT2D eigenvalue weighted by atomic mass is 9.52. The van der Waals surface area contributed by atoms with Crippen LogP contribution >= 0.6 is 0 Å². The molecule has 9 heteroatoms. The Morgan fingerprint density at radius 2 is 1.85 bits per heavy atom. The molecule has 182 valence electrons. The maximum absolute atomic E-state index is 13.7. The second-order valence-corrected chi connectivity index (χ2v) is 9.99. The van der Waals surface area contributed by atoms with E-state index < -0.39 is 64.4 Å². The Balaban J connectivity index is 1.85. The number of rotatable bonds is 5. The van der Waals surface area contributed by atoms with Gasteiger partial charge in [0.15, 0.2) is 34.7 Å². The number of nitrogens with zero attached hydrogens (tertiary/aromatic N) is 1. The molecule has 2 saturated carbocycles. The molecule has 0 heterocycles. The van der Waals surface area contributed by atoms with Crippen LogP contribution in [0.25, 0.3) is 0 Å². The van der Waals surface area contributed by atoms with Crippen molar-refractivity contribution in [2.45, 2.75) is 50.7 Å². The number of likely N-dealkylation sites (N-methyl/N-ethyl adjacent to an activating group) is 1. The molecule has 0 spiro atoms. The fourth-order valence-electron chi connectivity index (χ4n) is 6.27. The van der Waals surface area contributed by atoms with Crippen LogP contribution in [0.4, 0.5) is 0 Å². The van der Waals surface area contributed by atoms with Crippen LogP contribution in [-0.2, 0) is 32.0 Å². The largest absolute Gasteiger partial charge is 0.507 e. The number of Topliss-reactive ketones (excluding diaryl/α,β-unsaturated/α-hetero) is 4. The molecule has 1 aromatic carbocycles. The number of carbonyl (C=O) groups excluding carboxylic acids is 5. The van der Waals surface area contributed by atoms with Crippen molar-refractivity contribution in [3.8, 4) is 5.75 Å². The Morgan fingerprint density at radius 1 is 1.18 bits per heavy atom. The van der Waals surface area contributed by atoms with Gasteiger partial charge in [0.05, 0.1) is 17.5 Å². The number of aryl methyl sites for hydroxylation is 1. The van der Waals surface area contributed by atoms with Crippen molar-refractivity contribution in [2.24, 2.45) is 29.4 Å². The van der Waals surface area contributed by atoms with Gasteiger partial charge in [0, 0.05) is 5.92 Å². The van der Waals surface area contributed by atoms with Gasteiger partial charge in [-0.2, -0.15) is 0 Å². The molecule has 0 aliphatic heterocycles. The zero-order valence-corrected chi connectivity index (χ0v) is 19.5. The van der Waals surface area contributed by atoms with Gasteiger partial charge in [0.2, 0.25) is 5.91 Å². The summed E-state index contributed by atoms with van der Waals surface area (Å²) in [4.78, 5) is 67.0. The Kier molecular flexibility index (Phi) is 5.98. The van der Waals surface area contributed by atoms with E-state index >= 15 is 0 Å². The van der Waals surface area contributed by atoms with Crippen LogP contribution in [0, 0.1) is 23.7 Å². The fourth-order valence-corrected chi connectivity index (χ4v) is 6.27. The molecule has 0 bridgehead atoms. The standard InChI is InChI=1S/C25H30N2O7/c1-4-5-6-11-7-8-15(28)17-13(11)9-12-10-14-19(27(2)3)21(30)18(24(26)33)23(32)25(14,34)22(31)16(12)20(17)29/h7-8,12,14,16,18-19,28,34H,4-6,9-10H2,1-3H3,(H2,26,33)/t12-,14-,16?,18?,19-,25-/m1/s1. The summed E-state index contributed by atoms with van der Waals surface area (Å²) in [5.41, 5.74) is 4.28. The number of benzene rings is 1. The minimum absolute atomic E-state index is 0.0557. The van der Waals surface area contributed by atoms with Gasteiger partial charge >= 0.3 is 0 Å². The zero-order chi connectivity index (χ0) is 25.1. The summed E-state index contributed by atoms with van der Waals surface area (Å²) in [6.07, 6.45) is 2.91. The van der Waals surface area contributed by atoms with Crippen LogP contribution in [0.2, 0.25) is 0 Å². The van der Waals surface area contributed by atoms with Crippen molar-refractivity contribution < 1.29 is 34.2 Å². The third-order valence-electron chi connectivity index (χ3n) is 7.84. The number of phenolic OH excluding ortho intramolecular Hbond substituents is 1. The Hall–Kier alpha value is -2.91. The van der Waals surface area contributed by atoms with E-state index in [-0.39, 0.29) is 17.7 Å². The molecule has 0 radical (unpaired) electrons. The number of fused-ring (bicyclic) bond motifs is 3. The van der Waals surface area contributed by atoms with E-state index in [0.29, 0.717) is 18.4 Å². The third-order valence-corrected chi connectivity index (χ3v) is 7.84. The normalized spacial score (nSPS) is 32.9. The molecule has 2 unspecified atom stereocenters. The highest BCUT2D eigenvalue weighted by Crippen LogP contribution is 2.51. The van der Waals surface area contributed by atoms with Crippen molar-refractivity contribution in [3.63, 3.8) is 0 Å². The molecule has 4 N–H and O–H groups in total. The predicted octanol–water partition coefficient (Wildman–Crippen LogP) is 0.210. The summed E-state index contributed by atoms with van der Waals surface area (Å²) < 4.78 is 0. The number of nitrogens with two attached hydrogens (primary N) is 1. The molecule has 3 aliphatic rings. The number of hydrogen-bond donors (Lipinski definition) is 3. The molecule has 6 atom stereocenters. The summed E-state index contributed by atoms with van der Waals surface area (Å²) in [5, 5.41) is 22.0. The zero-order valence-electron chi connectivity index (χ0n) is 19.5. The maximum atomic E-state index is 13.7. The number of primary amides is 1. The number of unbranched alkanes of at least 4 members (excludes halogenated alkanes) is 1. The molecule has 1 aromatic rings. The van der Waals surface area contributed by atoms with Crippen LogP contribution in [0.3, 0.4) is 0 Å². The molecule has 0 saturated heterocycles. The number of carbonyl (C=O) groups is 5. The second kappa shape index (κ2) is 8.39. The molecule has 3 aliphatic carbocycles. The molecule has 2 fully saturated rings. The average Bonchev–Trinajstić information content (AvgIpc) is 2.75. The molecule has 34 heavy (non-hydrogen) atoms. The summed E-state index contributed by atoms with van der Waals surface area (Å²) >= 11 is 0. The molecular weight excluding hydrogens is 440 g/mol. The number of aromatic hydroxyl groups is 1. The quantitative estimate of drug-likeness (QED) is 0.516. The minimum Gasteiger partial charge on any atom is -0.507 e. The van der Waals surface area contributed by atoms with E-state index in [4.69, 9.17) is 5.73 Å². The third kappa shape index (κ3) is 3.25. The van der Waals surface area contributed by atoms with E-state index in [2.05, 4.69) is 0 Å². The summed E-state index contributed by atoms with van der Waals surface area (Å²) in [6.45, 7) is 2.05. The van der Waals surface area contributed by atoms with Crippen molar-refractivity contribution >= 4 is 29.0 Å². The van der Waals surface area contributed by atoms with Crippen molar-refractivity contribution in [1.29, 1.82) is 0 Å². The number of amides is 1. The molecular formula is C25H30N2O7. The molecule has 1 amide bonds. The lowest BCUT2D eigenvalue weighted by Crippen LogP contribution is -2.74. The van der Waals surface area contributed by atoms with Gasteiger partial charge in [-0.15, -0.1) is 0 Å². The van der Waals surface area contributed by atoms with Gasteiger partial charge in [-0.3, -0.25) is 28.9 Å². The SMILES string of the molecule is CCCCc1ccc(O)c2c1C[C@@H]1C[C@@H]3[C@@H](N(C)C)C(=O)C(C(N)=O)C(=O)[C@]3(O)C(=O)C1C2=O. The topological polar surface area (TPSA) is 155 Å². The first-order chi connectivity index (χ1) is 16.0. The summed E-state index contributed by atoms with van der Waals surface area (Å²) in [7, 11) is 3.13. The highest BCUT2D eigenvalue weighted by atomic mass is 16.3. The van der Waals surface area contributed by atoms with Crippen molar-refractivity contribution in [2.75, 3.05) is 14.1 Å². The first-order valence-electron chi connectivity index (χ1n) is 11.6. The molecule has 9 nitrogen and oxygen atoms in total. The Bertz CT molecular complexity index is 1110. The van der Waals surface area contributed by atoms with E-state index in [0.717, 1.165) is 18.4 Å². The summed E-state index contributed by atoms with van der Waals surface area (Å²) in [6, 6.07) is 2.12. The van der Waals surface area contributed by atoms with Crippen LogP contribution in [0.1, 0.15) is 47.7 Å². The first kappa shape index (κ1) is 24.2. The van der Waals surface area contributed by atoms with E-state index in [1.807, 2.05) is 6.92 Å². The first-order valence-corrected chi connectivity index (χ1v) is 11.6. The Morgan fingerprint density at radius 3 is 2.44 bits per heavy atom. The smallest absolute Gasteiger partial charge is 0.235 e. The maximum Gasteiger partial charge on any atom is 0.235 e. The highest BCUT2D eigenvalue weighted by Gasteiger charge is 2.69. The van der Waals surface area contributed by atoms with E-state index in [1.54, 1.807) is 20.2 Å². The van der Waals surface area contributed by atoms with Gasteiger partial charge in [-0.05, 0) is 62.9 Å². The fraction of sp³-hybridized carbons (Fsp3) is 0.560. The van der Waals surface area contributed by atoms with Crippen molar-refractivity contribution in [1.82, 2.24) is 4.90 Å². The van der Waals surface area contributed by atoms with Gasteiger partial charge in [0.1, 0.15) is 5.75 Å². The van der Waals surface area contributed by atoms with Gasteiger partial charge < -0.3 is 15.9 Å². The predicted molar refractivity (Wildman–Crippen MR) is 120 cm³/mol. The number of hydrogen-bond acceptors (Lipinski definition) is 8. The monoisotopic (exact) mass is 470 g/mol. The number of ketones is 4. The molecule has 4 rings (SSSR count). The van der Waals surface area contributed by atoms with Crippen LogP contribution in [0.5, 0.6) is 5.75 Å². The lowest BCUT2D eigenvalue weighted by Gasteiger charge is -2.52. The van der Waals surface area contributed by atoms with Gasteiger partial charge in [0.25, 0.3) is 0 Å². The van der Waals surface area contributed by atoms with Crippen molar-refractivity contribution in [3.05, 3.63) is 28.8 Å². The van der Waals surface area contributed by atoms with Gasteiger partial charge in [-0.25, -0.2) is 0 Å². The highest BCUT2D eigenvalue weighted by molar-refractivity contribution is 6.32. The number of phenols is 1. The van der Waals surface area contributed by atoms with E-state index in [9.17, 15) is 34.2 Å². The second-order valence-electron chi connectivity index (χ2n) is 9.99. The van der Waals surface area contributed by atoms with E-state index in [1.165, 1.54) is 11.0 Å². The number of aliphatic hydroxyl groups is 1. The van der Waals surface area contributed by atoms with Crippen LogP contribution in [0.15, 0.2) is 12.1 Å².